The second-order valence-corrected chi connectivity index (χ2v) is 9.83. The first-order chi connectivity index (χ1) is 14.8. The molecule has 1 saturated carbocycles. The SMILES string of the molecule is CS(=O)(=O)c1cccc(-c2cccc(NC(=O)C3(c4ccc5c(c4)OCO5)CC3)n2)c1.[HH]. The number of hydrogen-bond donors (Lipinski definition) is 1. The van der Waals surface area contributed by atoms with E-state index in [0.29, 0.717) is 28.6 Å². The summed E-state index contributed by atoms with van der Waals surface area (Å²) in [6.07, 6.45) is 2.66. The maximum absolute atomic E-state index is 13.1. The summed E-state index contributed by atoms with van der Waals surface area (Å²) in [6, 6.07) is 17.5. The minimum atomic E-state index is -3.33. The van der Waals surface area contributed by atoms with Gasteiger partial charge in [-0.3, -0.25) is 4.79 Å². The third-order valence-electron chi connectivity index (χ3n) is 5.66. The van der Waals surface area contributed by atoms with Gasteiger partial charge in [-0.15, -0.1) is 0 Å². The zero-order valence-corrected chi connectivity index (χ0v) is 17.6. The van der Waals surface area contributed by atoms with E-state index in [1.807, 2.05) is 18.2 Å². The smallest absolute Gasteiger partial charge is 0.236 e. The van der Waals surface area contributed by atoms with Crippen LogP contribution in [0.2, 0.25) is 0 Å². The fourth-order valence-electron chi connectivity index (χ4n) is 3.75. The van der Waals surface area contributed by atoms with Crippen molar-refractivity contribution in [3.05, 3.63) is 66.2 Å². The maximum atomic E-state index is 13.1. The standard InChI is InChI=1S/C23H20N2O5S.H2/c1-31(27,28)17-5-2-4-15(12-17)18-6-3-7-21(24-18)25-22(26)23(10-11-23)16-8-9-19-20(13-16)30-14-29-19;/h2-9,12-13H,10-11,14H2,1H3,(H,24,25,26);1H. The number of hydrogen-bond acceptors (Lipinski definition) is 6. The van der Waals surface area contributed by atoms with Gasteiger partial charge < -0.3 is 14.8 Å². The van der Waals surface area contributed by atoms with E-state index >= 15 is 0 Å². The number of aromatic nitrogens is 1. The van der Waals surface area contributed by atoms with E-state index in [-0.39, 0.29) is 19.0 Å². The Balaban J connectivity index is 0.00000245. The quantitative estimate of drug-likeness (QED) is 0.651. The van der Waals surface area contributed by atoms with Gasteiger partial charge in [0.2, 0.25) is 12.7 Å². The Morgan fingerprint density at radius 1 is 1.03 bits per heavy atom. The first-order valence-corrected chi connectivity index (χ1v) is 11.7. The van der Waals surface area contributed by atoms with Crippen molar-refractivity contribution in [3.8, 4) is 22.8 Å². The third kappa shape index (κ3) is 3.63. The molecular formula is C23H22N2O5S. The zero-order valence-electron chi connectivity index (χ0n) is 16.8. The lowest BCUT2D eigenvalue weighted by Crippen LogP contribution is -2.28. The summed E-state index contributed by atoms with van der Waals surface area (Å²) in [5, 5.41) is 2.93. The Labute approximate surface area is 181 Å². The molecule has 0 spiro atoms. The van der Waals surface area contributed by atoms with Gasteiger partial charge in [0, 0.05) is 13.2 Å². The van der Waals surface area contributed by atoms with E-state index in [1.54, 1.807) is 42.5 Å². The number of amides is 1. The highest BCUT2D eigenvalue weighted by Gasteiger charge is 2.51. The number of sulfone groups is 1. The van der Waals surface area contributed by atoms with Gasteiger partial charge >= 0.3 is 0 Å². The number of fused-ring (bicyclic) bond motifs is 1. The molecule has 0 saturated heterocycles. The van der Waals surface area contributed by atoms with E-state index in [9.17, 15) is 13.2 Å². The molecule has 0 bridgehead atoms. The van der Waals surface area contributed by atoms with Crippen LogP contribution in [-0.4, -0.2) is 32.4 Å². The number of pyridine rings is 1. The Kier molecular flexibility index (Phi) is 4.48. The number of nitrogens with zero attached hydrogens (tertiary/aromatic N) is 1. The summed E-state index contributed by atoms with van der Waals surface area (Å²) in [5.41, 5.74) is 1.54. The van der Waals surface area contributed by atoms with Gasteiger partial charge in [-0.2, -0.15) is 0 Å². The van der Waals surface area contributed by atoms with Crippen LogP contribution in [0.1, 0.15) is 19.8 Å². The van der Waals surface area contributed by atoms with Crippen LogP contribution in [-0.2, 0) is 20.0 Å². The second-order valence-electron chi connectivity index (χ2n) is 7.81. The summed E-state index contributed by atoms with van der Waals surface area (Å²) in [7, 11) is -3.33. The van der Waals surface area contributed by atoms with Gasteiger partial charge in [0.05, 0.1) is 16.0 Å². The fourth-order valence-corrected chi connectivity index (χ4v) is 4.42. The third-order valence-corrected chi connectivity index (χ3v) is 6.77. The average Bonchev–Trinajstić information content (AvgIpc) is 3.44. The van der Waals surface area contributed by atoms with Gasteiger partial charge in [0.15, 0.2) is 21.3 Å². The van der Waals surface area contributed by atoms with Crippen LogP contribution in [0.3, 0.4) is 0 Å². The van der Waals surface area contributed by atoms with E-state index < -0.39 is 15.3 Å². The molecule has 8 heteroatoms. The predicted molar refractivity (Wildman–Crippen MR) is 117 cm³/mol. The first kappa shape index (κ1) is 19.6. The van der Waals surface area contributed by atoms with Gasteiger partial charge in [0.1, 0.15) is 5.82 Å². The van der Waals surface area contributed by atoms with Crippen molar-refractivity contribution in [1.82, 2.24) is 4.98 Å². The fraction of sp³-hybridized carbons (Fsp3) is 0.217. The molecule has 0 radical (unpaired) electrons. The van der Waals surface area contributed by atoms with Crippen molar-refractivity contribution in [1.29, 1.82) is 0 Å². The predicted octanol–water partition coefficient (Wildman–Crippen LogP) is 3.80. The molecule has 2 aliphatic rings. The first-order valence-electron chi connectivity index (χ1n) is 9.84. The topological polar surface area (TPSA) is 94.6 Å². The highest BCUT2D eigenvalue weighted by molar-refractivity contribution is 7.90. The number of carbonyl (C=O) groups is 1. The molecule has 1 amide bonds. The van der Waals surface area contributed by atoms with Gasteiger partial charge in [0.25, 0.3) is 0 Å². The molecule has 0 atom stereocenters. The summed E-state index contributed by atoms with van der Waals surface area (Å²) in [5.74, 6) is 1.63. The Hall–Kier alpha value is -3.39. The number of nitrogens with one attached hydrogen (secondary N) is 1. The maximum Gasteiger partial charge on any atom is 0.236 e. The van der Waals surface area contributed by atoms with Gasteiger partial charge in [-0.05, 0) is 54.8 Å². The molecule has 5 rings (SSSR count). The summed E-state index contributed by atoms with van der Waals surface area (Å²) in [4.78, 5) is 17.9. The highest BCUT2D eigenvalue weighted by atomic mass is 32.2. The van der Waals surface area contributed by atoms with Crippen LogP contribution in [0, 0.1) is 0 Å². The van der Waals surface area contributed by atoms with E-state index in [2.05, 4.69) is 10.3 Å². The molecule has 3 aromatic rings. The Morgan fingerprint density at radius 3 is 2.58 bits per heavy atom. The lowest BCUT2D eigenvalue weighted by Gasteiger charge is -2.16. The molecule has 1 fully saturated rings. The summed E-state index contributed by atoms with van der Waals surface area (Å²) in [6.45, 7) is 0.190. The van der Waals surface area contributed by atoms with Crippen LogP contribution in [0.5, 0.6) is 11.5 Å². The number of carbonyl (C=O) groups excluding carboxylic acids is 1. The van der Waals surface area contributed by atoms with Crippen molar-refractivity contribution in [2.75, 3.05) is 18.4 Å². The van der Waals surface area contributed by atoms with Crippen molar-refractivity contribution < 1.29 is 24.1 Å². The molecule has 7 nitrogen and oxygen atoms in total. The monoisotopic (exact) mass is 438 g/mol. The molecule has 31 heavy (non-hydrogen) atoms. The zero-order chi connectivity index (χ0) is 21.6. The number of ether oxygens (including phenoxy) is 2. The van der Waals surface area contributed by atoms with E-state index in [0.717, 1.165) is 18.4 Å². The lowest BCUT2D eigenvalue weighted by molar-refractivity contribution is -0.118. The summed E-state index contributed by atoms with van der Waals surface area (Å²) < 4.78 is 34.5. The summed E-state index contributed by atoms with van der Waals surface area (Å²) >= 11 is 0. The molecule has 1 aromatic heterocycles. The molecule has 1 aliphatic carbocycles. The number of anilines is 1. The molecule has 2 heterocycles. The molecule has 0 unspecified atom stereocenters. The Bertz CT molecular complexity index is 1310. The van der Waals surface area contributed by atoms with Crippen LogP contribution in [0.25, 0.3) is 11.3 Å². The van der Waals surface area contributed by atoms with Crippen molar-refractivity contribution in [3.63, 3.8) is 0 Å². The molecule has 2 aromatic carbocycles. The van der Waals surface area contributed by atoms with Crippen LogP contribution in [0.15, 0.2) is 65.6 Å². The van der Waals surface area contributed by atoms with Gasteiger partial charge in [-0.25, -0.2) is 13.4 Å². The Morgan fingerprint density at radius 2 is 1.81 bits per heavy atom. The minimum absolute atomic E-state index is 0. The average molecular weight is 439 g/mol. The molecule has 160 valence electrons. The van der Waals surface area contributed by atoms with Gasteiger partial charge in [-0.1, -0.05) is 24.3 Å². The number of benzene rings is 2. The molecule has 1 N–H and O–H groups in total. The van der Waals surface area contributed by atoms with Crippen LogP contribution in [0.4, 0.5) is 5.82 Å². The van der Waals surface area contributed by atoms with E-state index in [4.69, 9.17) is 9.47 Å². The van der Waals surface area contributed by atoms with Crippen molar-refractivity contribution in [2.24, 2.45) is 0 Å². The highest BCUT2D eigenvalue weighted by Crippen LogP contribution is 2.51. The van der Waals surface area contributed by atoms with Crippen LogP contribution >= 0.6 is 0 Å². The van der Waals surface area contributed by atoms with Crippen molar-refractivity contribution >= 4 is 21.6 Å². The molecule has 1 aliphatic heterocycles. The van der Waals surface area contributed by atoms with E-state index in [1.165, 1.54) is 6.26 Å². The second kappa shape index (κ2) is 7.09. The number of rotatable bonds is 5. The molecular weight excluding hydrogens is 416 g/mol. The lowest BCUT2D eigenvalue weighted by atomic mass is 9.94. The van der Waals surface area contributed by atoms with Crippen LogP contribution < -0.4 is 14.8 Å². The largest absolute Gasteiger partial charge is 0.454 e. The normalized spacial score (nSPS) is 16.0. The minimum Gasteiger partial charge on any atom is -0.454 e. The van der Waals surface area contributed by atoms with Crippen molar-refractivity contribution in [2.45, 2.75) is 23.2 Å².